The smallest absolute Gasteiger partial charge is 0.459 e. The zero-order valence-electron chi connectivity index (χ0n) is 23.9. The van der Waals surface area contributed by atoms with Crippen molar-refractivity contribution in [2.45, 2.75) is 50.5 Å². The Balaban J connectivity index is 1.39. The second kappa shape index (κ2) is 13.9. The number of fused-ring (bicyclic) bond motifs is 1. The van der Waals surface area contributed by atoms with E-state index in [1.807, 2.05) is 24.3 Å². The number of nitrogens with one attached hydrogen (secondary N) is 2. The van der Waals surface area contributed by atoms with Gasteiger partial charge in [0, 0.05) is 11.8 Å². The van der Waals surface area contributed by atoms with Crippen LogP contribution >= 0.6 is 7.75 Å². The summed E-state index contributed by atoms with van der Waals surface area (Å²) in [5.41, 5.74) is -1.49. The number of hydrogen-bond donors (Lipinski definition) is 4. The number of aromatic nitrogens is 2. The fourth-order valence-electron chi connectivity index (χ4n) is 4.86. The van der Waals surface area contributed by atoms with Gasteiger partial charge in [-0.1, -0.05) is 66.7 Å². The minimum Gasteiger partial charge on any atom is -0.460 e. The number of hydrogen-bond acceptors (Lipinski definition) is 10. The SMILES string of the molecule is C[C@H](N[P@](=O)(Oc1cccc2ccccc12)O[C@H](CO)[C@H]1O[C@@H](n2cc(F)c(=O)[nH]c2=O)C[C@@H]1O)C(=O)OCc1ccccc1. The molecule has 0 radical (unpaired) electrons. The van der Waals surface area contributed by atoms with Gasteiger partial charge in [0.1, 0.15) is 36.8 Å². The molecule has 1 aromatic heterocycles. The summed E-state index contributed by atoms with van der Waals surface area (Å²) < 4.78 is 51.8. The van der Waals surface area contributed by atoms with Gasteiger partial charge < -0.3 is 24.2 Å². The molecule has 45 heavy (non-hydrogen) atoms. The molecular weight excluding hydrogens is 612 g/mol. The van der Waals surface area contributed by atoms with Crippen molar-refractivity contribution in [3.63, 3.8) is 0 Å². The van der Waals surface area contributed by atoms with Crippen LogP contribution in [-0.2, 0) is 30.0 Å². The lowest BCUT2D eigenvalue weighted by atomic mass is 10.1. The molecule has 4 aromatic rings. The molecule has 0 amide bonds. The van der Waals surface area contributed by atoms with Gasteiger partial charge in [-0.3, -0.25) is 23.7 Å². The van der Waals surface area contributed by atoms with Crippen LogP contribution in [0.5, 0.6) is 5.75 Å². The molecule has 2 heterocycles. The van der Waals surface area contributed by atoms with E-state index in [0.717, 1.165) is 15.5 Å². The third kappa shape index (κ3) is 7.56. The molecule has 0 aliphatic carbocycles. The highest BCUT2D eigenvalue weighted by atomic mass is 31.2. The predicted octanol–water partition coefficient (Wildman–Crippen LogP) is 2.76. The first kappa shape index (κ1) is 32.2. The molecule has 5 rings (SSSR count). The highest BCUT2D eigenvalue weighted by molar-refractivity contribution is 7.52. The zero-order valence-corrected chi connectivity index (χ0v) is 24.8. The van der Waals surface area contributed by atoms with Crippen molar-refractivity contribution in [2.75, 3.05) is 6.61 Å². The van der Waals surface area contributed by atoms with Crippen LogP contribution in [0.1, 0.15) is 25.1 Å². The minimum absolute atomic E-state index is 0.0471. The van der Waals surface area contributed by atoms with E-state index >= 15 is 0 Å². The van der Waals surface area contributed by atoms with Crippen LogP contribution < -0.4 is 20.9 Å². The Kier molecular flexibility index (Phi) is 9.93. The maximum Gasteiger partial charge on any atom is 0.459 e. The Hall–Kier alpha value is -4.17. The number of carbonyl (C=O) groups is 1. The first-order valence-corrected chi connectivity index (χ1v) is 15.5. The molecule has 6 atom stereocenters. The molecule has 0 spiro atoms. The molecule has 3 aromatic carbocycles. The maximum absolute atomic E-state index is 14.4. The number of esters is 1. The fourth-order valence-corrected chi connectivity index (χ4v) is 6.56. The standard InChI is InChI=1S/C30H31FN3O10P/c1-18(29(38)41-17-19-8-3-2-4-9-19)33-45(40,43-24-13-7-11-20-10-5-6-12-21(20)24)44-25(16-35)27-23(36)14-26(42-27)34-15-22(31)28(37)32-30(34)39/h2-13,15,18,23,25-27,35-36H,14,16-17H2,1H3,(H,33,40)(H,32,37,39)/t18-,23-,25+,26+,27-,45-/m0/s1. The number of aliphatic hydroxyl groups excluding tert-OH is 2. The quantitative estimate of drug-likeness (QED) is 0.132. The molecule has 1 aliphatic rings. The van der Waals surface area contributed by atoms with Crippen molar-refractivity contribution in [3.8, 4) is 5.75 Å². The summed E-state index contributed by atoms with van der Waals surface area (Å²) in [4.78, 5) is 38.4. The van der Waals surface area contributed by atoms with Crippen LogP contribution in [0.3, 0.4) is 0 Å². The van der Waals surface area contributed by atoms with E-state index in [-0.39, 0.29) is 18.8 Å². The molecule has 0 unspecified atom stereocenters. The summed E-state index contributed by atoms with van der Waals surface area (Å²) >= 11 is 0. The number of rotatable bonds is 12. The van der Waals surface area contributed by atoms with Gasteiger partial charge in [0.05, 0.1) is 18.9 Å². The lowest BCUT2D eigenvalue weighted by Crippen LogP contribution is -2.42. The molecule has 4 N–H and O–H groups in total. The highest BCUT2D eigenvalue weighted by Crippen LogP contribution is 2.49. The molecule has 1 aliphatic heterocycles. The number of aromatic amines is 1. The van der Waals surface area contributed by atoms with Gasteiger partial charge in [-0.2, -0.15) is 9.48 Å². The zero-order chi connectivity index (χ0) is 32.1. The largest absolute Gasteiger partial charge is 0.460 e. The third-order valence-electron chi connectivity index (χ3n) is 7.09. The highest BCUT2D eigenvalue weighted by Gasteiger charge is 2.45. The molecule has 1 saturated heterocycles. The second-order valence-electron chi connectivity index (χ2n) is 10.3. The van der Waals surface area contributed by atoms with E-state index in [4.69, 9.17) is 18.5 Å². The normalized spacial score (nSPS) is 20.8. The summed E-state index contributed by atoms with van der Waals surface area (Å²) in [7, 11) is -4.60. The van der Waals surface area contributed by atoms with E-state index in [1.165, 1.54) is 6.92 Å². The monoisotopic (exact) mass is 643 g/mol. The Bertz CT molecular complexity index is 1810. The topological polar surface area (TPSA) is 178 Å². The van der Waals surface area contributed by atoms with Gasteiger partial charge in [0.25, 0.3) is 5.56 Å². The molecule has 1 fully saturated rings. The van der Waals surface area contributed by atoms with Gasteiger partial charge >= 0.3 is 19.4 Å². The number of nitrogens with zero attached hydrogens (tertiary/aromatic N) is 1. The maximum atomic E-state index is 14.4. The van der Waals surface area contributed by atoms with Crippen molar-refractivity contribution >= 4 is 24.5 Å². The summed E-state index contributed by atoms with van der Waals surface area (Å²) in [5.74, 6) is -1.90. The average molecular weight is 644 g/mol. The third-order valence-corrected chi connectivity index (χ3v) is 8.78. The van der Waals surface area contributed by atoms with Gasteiger partial charge in [0.15, 0.2) is 0 Å². The van der Waals surface area contributed by atoms with Gasteiger partial charge in [0.2, 0.25) is 5.82 Å². The first-order valence-electron chi connectivity index (χ1n) is 14.0. The molecular formula is C30H31FN3O10P. The number of halogens is 1. The van der Waals surface area contributed by atoms with Crippen LogP contribution in [0, 0.1) is 5.82 Å². The van der Waals surface area contributed by atoms with Crippen LogP contribution in [0.25, 0.3) is 10.8 Å². The number of benzene rings is 3. The van der Waals surface area contributed by atoms with Crippen LogP contribution in [0.2, 0.25) is 0 Å². The number of ether oxygens (including phenoxy) is 2. The average Bonchev–Trinajstić information content (AvgIpc) is 3.42. The number of aliphatic hydroxyl groups is 2. The summed E-state index contributed by atoms with van der Waals surface area (Å²) in [6, 6.07) is 19.8. The molecule has 0 bridgehead atoms. The molecule has 15 heteroatoms. The summed E-state index contributed by atoms with van der Waals surface area (Å²) in [6.45, 7) is 0.493. The van der Waals surface area contributed by atoms with Crippen LogP contribution in [-0.4, -0.2) is 56.7 Å². The van der Waals surface area contributed by atoms with Gasteiger partial charge in [-0.05, 0) is 23.9 Å². The van der Waals surface area contributed by atoms with Crippen LogP contribution in [0.4, 0.5) is 4.39 Å². The summed E-state index contributed by atoms with van der Waals surface area (Å²) in [5, 5.41) is 24.9. The Morgan fingerprint density at radius 3 is 2.60 bits per heavy atom. The van der Waals surface area contributed by atoms with Crippen molar-refractivity contribution in [1.82, 2.24) is 14.6 Å². The van der Waals surface area contributed by atoms with Crippen molar-refractivity contribution < 1.29 is 42.5 Å². The lowest BCUT2D eigenvalue weighted by molar-refractivity contribution is -0.146. The Morgan fingerprint density at radius 2 is 1.84 bits per heavy atom. The number of carbonyl (C=O) groups excluding carboxylic acids is 1. The fraction of sp³-hybridized carbons (Fsp3) is 0.300. The van der Waals surface area contributed by atoms with Gasteiger partial charge in [-0.15, -0.1) is 0 Å². The van der Waals surface area contributed by atoms with Crippen LogP contribution in [0.15, 0.2) is 88.6 Å². The van der Waals surface area contributed by atoms with E-state index in [2.05, 4.69) is 5.09 Å². The first-order chi connectivity index (χ1) is 21.6. The van der Waals surface area contributed by atoms with E-state index in [0.29, 0.717) is 11.6 Å². The van der Waals surface area contributed by atoms with E-state index < -0.39 is 68.0 Å². The minimum atomic E-state index is -4.60. The van der Waals surface area contributed by atoms with Crippen molar-refractivity contribution in [3.05, 3.63) is 111 Å². The predicted molar refractivity (Wildman–Crippen MR) is 159 cm³/mol. The van der Waals surface area contributed by atoms with Crippen molar-refractivity contribution in [1.29, 1.82) is 0 Å². The Labute approximate surface area is 255 Å². The Morgan fingerprint density at radius 1 is 1.13 bits per heavy atom. The molecule has 13 nitrogen and oxygen atoms in total. The van der Waals surface area contributed by atoms with Gasteiger partial charge in [-0.25, -0.2) is 9.36 Å². The second-order valence-corrected chi connectivity index (χ2v) is 12.0. The summed E-state index contributed by atoms with van der Waals surface area (Å²) in [6.07, 6.45) is -5.22. The lowest BCUT2D eigenvalue weighted by Gasteiger charge is -2.30. The van der Waals surface area contributed by atoms with E-state index in [9.17, 15) is 33.6 Å². The molecule has 0 saturated carbocycles. The molecule has 238 valence electrons. The number of H-pyrrole nitrogens is 1. The van der Waals surface area contributed by atoms with Crippen molar-refractivity contribution in [2.24, 2.45) is 0 Å². The van der Waals surface area contributed by atoms with E-state index in [1.54, 1.807) is 53.5 Å².